The summed E-state index contributed by atoms with van der Waals surface area (Å²) in [5.74, 6) is 0.240. The highest BCUT2D eigenvalue weighted by Crippen LogP contribution is 2.38. The van der Waals surface area contributed by atoms with E-state index in [0.29, 0.717) is 30.0 Å². The lowest BCUT2D eigenvalue weighted by Gasteiger charge is -2.08. The molecule has 0 spiro atoms. The molecule has 1 heterocycles. The Bertz CT molecular complexity index is 796. The van der Waals surface area contributed by atoms with Crippen LogP contribution in [0, 0.1) is 0 Å². The zero-order valence-corrected chi connectivity index (χ0v) is 15.8. The van der Waals surface area contributed by atoms with Crippen molar-refractivity contribution in [3.8, 4) is 5.75 Å². The quantitative estimate of drug-likeness (QED) is 0.693. The fourth-order valence-electron chi connectivity index (χ4n) is 3.19. The summed E-state index contributed by atoms with van der Waals surface area (Å²) in [6, 6.07) is 7.99. The Morgan fingerprint density at radius 2 is 2.00 bits per heavy atom. The van der Waals surface area contributed by atoms with Crippen LogP contribution in [-0.4, -0.2) is 18.4 Å². The SMILES string of the molecule is CCc1ccc(OCCCC(=O)Nc2sc3c(c2C(N)=O)CCC3)cc1. The molecule has 1 aromatic heterocycles. The smallest absolute Gasteiger partial charge is 0.251 e. The van der Waals surface area contributed by atoms with Crippen LogP contribution in [0.5, 0.6) is 5.75 Å². The molecule has 1 aliphatic carbocycles. The minimum atomic E-state index is -0.460. The van der Waals surface area contributed by atoms with E-state index in [9.17, 15) is 9.59 Å². The number of carbonyl (C=O) groups is 2. The lowest BCUT2D eigenvalue weighted by Crippen LogP contribution is -2.18. The number of fused-ring (bicyclic) bond motifs is 1. The van der Waals surface area contributed by atoms with Gasteiger partial charge in [0.15, 0.2) is 0 Å². The second kappa shape index (κ2) is 8.36. The molecule has 26 heavy (non-hydrogen) atoms. The molecule has 1 aliphatic rings. The summed E-state index contributed by atoms with van der Waals surface area (Å²) < 4.78 is 5.67. The zero-order chi connectivity index (χ0) is 18.5. The minimum absolute atomic E-state index is 0.114. The van der Waals surface area contributed by atoms with Gasteiger partial charge in [-0.25, -0.2) is 0 Å². The Kier molecular flexibility index (Phi) is 5.93. The van der Waals surface area contributed by atoms with Crippen LogP contribution in [0.3, 0.4) is 0 Å². The van der Waals surface area contributed by atoms with Gasteiger partial charge in [-0.05, 0) is 55.4 Å². The molecule has 3 rings (SSSR count). The maximum absolute atomic E-state index is 12.2. The van der Waals surface area contributed by atoms with E-state index in [-0.39, 0.29) is 5.91 Å². The molecule has 0 saturated heterocycles. The maximum Gasteiger partial charge on any atom is 0.251 e. The molecule has 0 atom stereocenters. The normalized spacial score (nSPS) is 12.7. The van der Waals surface area contributed by atoms with Crippen LogP contribution < -0.4 is 15.8 Å². The molecule has 3 N–H and O–H groups in total. The van der Waals surface area contributed by atoms with Crippen LogP contribution in [0.2, 0.25) is 0 Å². The highest BCUT2D eigenvalue weighted by Gasteiger charge is 2.25. The molecule has 2 amide bonds. The van der Waals surface area contributed by atoms with E-state index in [4.69, 9.17) is 10.5 Å². The molecule has 0 radical (unpaired) electrons. The number of amides is 2. The number of benzene rings is 1. The number of primary amides is 1. The van der Waals surface area contributed by atoms with Crippen molar-refractivity contribution in [1.29, 1.82) is 0 Å². The zero-order valence-electron chi connectivity index (χ0n) is 15.0. The average Bonchev–Trinajstić information content (AvgIpc) is 3.19. The van der Waals surface area contributed by atoms with Gasteiger partial charge in [-0.3, -0.25) is 9.59 Å². The molecule has 0 bridgehead atoms. The van der Waals surface area contributed by atoms with Crippen molar-refractivity contribution in [2.45, 2.75) is 45.4 Å². The highest BCUT2D eigenvalue weighted by atomic mass is 32.1. The van der Waals surface area contributed by atoms with Crippen LogP contribution >= 0.6 is 11.3 Å². The van der Waals surface area contributed by atoms with Crippen molar-refractivity contribution in [2.75, 3.05) is 11.9 Å². The van der Waals surface area contributed by atoms with Gasteiger partial charge in [0.1, 0.15) is 10.8 Å². The first kappa shape index (κ1) is 18.5. The van der Waals surface area contributed by atoms with Gasteiger partial charge in [0.05, 0.1) is 12.2 Å². The van der Waals surface area contributed by atoms with Crippen LogP contribution in [0.4, 0.5) is 5.00 Å². The lowest BCUT2D eigenvalue weighted by molar-refractivity contribution is -0.116. The number of thiophene rings is 1. The molecule has 138 valence electrons. The first-order valence-electron chi connectivity index (χ1n) is 9.04. The fourth-order valence-corrected chi connectivity index (χ4v) is 4.50. The third-order valence-corrected chi connectivity index (χ3v) is 5.78. The Labute approximate surface area is 157 Å². The Hall–Kier alpha value is -2.34. The molecule has 6 heteroatoms. The molecule has 0 unspecified atom stereocenters. The number of nitrogens with two attached hydrogens (primary N) is 1. The number of hydrogen-bond donors (Lipinski definition) is 2. The van der Waals surface area contributed by atoms with Crippen molar-refractivity contribution < 1.29 is 14.3 Å². The third kappa shape index (κ3) is 4.25. The van der Waals surface area contributed by atoms with E-state index in [1.54, 1.807) is 0 Å². The van der Waals surface area contributed by atoms with Crippen molar-refractivity contribution in [2.24, 2.45) is 5.73 Å². The summed E-state index contributed by atoms with van der Waals surface area (Å²) in [7, 11) is 0. The van der Waals surface area contributed by atoms with E-state index >= 15 is 0 Å². The van der Waals surface area contributed by atoms with Crippen LogP contribution in [0.15, 0.2) is 24.3 Å². The van der Waals surface area contributed by atoms with Crippen molar-refractivity contribution in [3.63, 3.8) is 0 Å². The number of anilines is 1. The number of rotatable bonds is 8. The van der Waals surface area contributed by atoms with E-state index < -0.39 is 5.91 Å². The van der Waals surface area contributed by atoms with Gasteiger partial charge in [0.2, 0.25) is 5.91 Å². The molecule has 0 fully saturated rings. The molecule has 0 saturated carbocycles. The van der Waals surface area contributed by atoms with Crippen molar-refractivity contribution in [3.05, 3.63) is 45.8 Å². The topological polar surface area (TPSA) is 81.4 Å². The van der Waals surface area contributed by atoms with Gasteiger partial charge in [-0.1, -0.05) is 19.1 Å². The predicted octanol–water partition coefficient (Wildman–Crippen LogP) is 3.70. The second-order valence-electron chi connectivity index (χ2n) is 6.42. The Morgan fingerprint density at radius 3 is 2.69 bits per heavy atom. The molecule has 2 aromatic rings. The first-order chi connectivity index (χ1) is 12.6. The Morgan fingerprint density at radius 1 is 1.23 bits per heavy atom. The van der Waals surface area contributed by atoms with E-state index in [1.807, 2.05) is 24.3 Å². The monoisotopic (exact) mass is 372 g/mol. The summed E-state index contributed by atoms with van der Waals surface area (Å²) in [6.45, 7) is 2.59. The lowest BCUT2D eigenvalue weighted by atomic mass is 10.1. The number of ether oxygens (including phenoxy) is 1. The fraction of sp³-hybridized carbons (Fsp3) is 0.400. The predicted molar refractivity (Wildman–Crippen MR) is 104 cm³/mol. The number of nitrogens with one attached hydrogen (secondary N) is 1. The maximum atomic E-state index is 12.2. The van der Waals surface area contributed by atoms with Gasteiger partial charge in [-0.2, -0.15) is 0 Å². The second-order valence-corrected chi connectivity index (χ2v) is 7.53. The minimum Gasteiger partial charge on any atom is -0.494 e. The van der Waals surface area contributed by atoms with Crippen LogP contribution in [-0.2, 0) is 24.1 Å². The standard InChI is InChI=1S/C20H24N2O3S/c1-2-13-8-10-14(11-9-13)25-12-4-7-17(23)22-20-18(19(21)24)15-5-3-6-16(15)26-20/h8-11H,2-7,12H2,1H3,(H2,21,24)(H,22,23). The summed E-state index contributed by atoms with van der Waals surface area (Å²) in [4.78, 5) is 25.1. The molecule has 1 aromatic carbocycles. The van der Waals surface area contributed by atoms with E-state index in [2.05, 4.69) is 12.2 Å². The van der Waals surface area contributed by atoms with E-state index in [1.165, 1.54) is 21.8 Å². The molecular formula is C20H24N2O3S. The third-order valence-electron chi connectivity index (χ3n) is 4.57. The number of aryl methyl sites for hydroxylation is 2. The molecule has 5 nitrogen and oxygen atoms in total. The van der Waals surface area contributed by atoms with Gasteiger partial charge >= 0.3 is 0 Å². The Balaban J connectivity index is 1.48. The van der Waals surface area contributed by atoms with Gasteiger partial charge in [0, 0.05) is 11.3 Å². The molecule has 0 aliphatic heterocycles. The number of carbonyl (C=O) groups excluding carboxylic acids is 2. The number of hydrogen-bond acceptors (Lipinski definition) is 4. The van der Waals surface area contributed by atoms with Crippen LogP contribution in [0.25, 0.3) is 0 Å². The van der Waals surface area contributed by atoms with Gasteiger partial charge in [-0.15, -0.1) is 11.3 Å². The molecular weight excluding hydrogens is 348 g/mol. The van der Waals surface area contributed by atoms with Crippen molar-refractivity contribution in [1.82, 2.24) is 0 Å². The van der Waals surface area contributed by atoms with Crippen molar-refractivity contribution >= 4 is 28.2 Å². The van der Waals surface area contributed by atoms with E-state index in [0.717, 1.165) is 37.0 Å². The average molecular weight is 372 g/mol. The largest absolute Gasteiger partial charge is 0.494 e. The van der Waals surface area contributed by atoms with Gasteiger partial charge in [0.25, 0.3) is 5.91 Å². The summed E-state index contributed by atoms with van der Waals surface area (Å²) in [5, 5.41) is 3.46. The first-order valence-corrected chi connectivity index (χ1v) is 9.86. The highest BCUT2D eigenvalue weighted by molar-refractivity contribution is 7.17. The summed E-state index contributed by atoms with van der Waals surface area (Å²) >= 11 is 1.48. The summed E-state index contributed by atoms with van der Waals surface area (Å²) in [5.41, 5.74) is 8.31. The summed E-state index contributed by atoms with van der Waals surface area (Å²) in [6.07, 6.45) is 4.82. The van der Waals surface area contributed by atoms with Gasteiger partial charge < -0.3 is 15.8 Å². The van der Waals surface area contributed by atoms with Crippen LogP contribution in [0.1, 0.15) is 52.5 Å².